The molecule has 2 N–H and O–H groups in total. The highest BCUT2D eigenvalue weighted by atomic mass is 32.1. The van der Waals surface area contributed by atoms with Crippen molar-refractivity contribution in [2.75, 3.05) is 5.73 Å². The predicted octanol–water partition coefficient (Wildman–Crippen LogP) is 3.95. The number of nitrogens with zero attached hydrogens (tertiary/aromatic N) is 4. The highest BCUT2D eigenvalue weighted by molar-refractivity contribution is 7.13. The Labute approximate surface area is 143 Å². The number of hydrogen-bond donors (Lipinski definition) is 1. The predicted molar refractivity (Wildman–Crippen MR) is 97.1 cm³/mol. The van der Waals surface area contributed by atoms with E-state index < -0.39 is 0 Å². The highest BCUT2D eigenvalue weighted by Crippen LogP contribution is 2.30. The number of benzene rings is 1. The molecular formula is C18H15N5S. The van der Waals surface area contributed by atoms with E-state index in [9.17, 15) is 0 Å². The summed E-state index contributed by atoms with van der Waals surface area (Å²) in [5.41, 5.74) is 10.0. The first-order chi connectivity index (χ1) is 11.7. The summed E-state index contributed by atoms with van der Waals surface area (Å²) in [6.07, 6.45) is 0. The molecule has 3 heterocycles. The van der Waals surface area contributed by atoms with Gasteiger partial charge >= 0.3 is 0 Å². The van der Waals surface area contributed by atoms with E-state index in [1.807, 2.05) is 66.9 Å². The van der Waals surface area contributed by atoms with Crippen molar-refractivity contribution in [3.63, 3.8) is 0 Å². The fourth-order valence-corrected chi connectivity index (χ4v) is 3.37. The fraction of sp³-hybridized carbons (Fsp3) is 0.0556. The van der Waals surface area contributed by atoms with Crippen molar-refractivity contribution < 1.29 is 0 Å². The summed E-state index contributed by atoms with van der Waals surface area (Å²) >= 11 is 1.64. The summed E-state index contributed by atoms with van der Waals surface area (Å²) in [6.45, 7) is 1.95. The van der Waals surface area contributed by atoms with Gasteiger partial charge < -0.3 is 5.73 Å². The van der Waals surface area contributed by atoms with Crippen LogP contribution in [0.4, 0.5) is 5.82 Å². The minimum absolute atomic E-state index is 0.567. The summed E-state index contributed by atoms with van der Waals surface area (Å²) in [4.78, 5) is 1.09. The molecule has 0 aliphatic rings. The van der Waals surface area contributed by atoms with E-state index in [1.54, 1.807) is 16.0 Å². The molecule has 0 fully saturated rings. The lowest BCUT2D eigenvalue weighted by Gasteiger charge is -2.04. The first kappa shape index (κ1) is 14.6. The third kappa shape index (κ3) is 2.47. The van der Waals surface area contributed by atoms with Gasteiger partial charge in [-0.3, -0.25) is 0 Å². The van der Waals surface area contributed by atoms with Gasteiger partial charge in [0.15, 0.2) is 5.82 Å². The van der Waals surface area contributed by atoms with Gasteiger partial charge in [0.05, 0.1) is 10.6 Å². The number of anilines is 1. The molecule has 24 heavy (non-hydrogen) atoms. The van der Waals surface area contributed by atoms with E-state index in [1.165, 1.54) is 0 Å². The molecule has 0 amide bonds. The molecule has 0 saturated heterocycles. The van der Waals surface area contributed by atoms with E-state index in [0.29, 0.717) is 11.6 Å². The molecule has 0 aliphatic heterocycles. The zero-order valence-corrected chi connectivity index (χ0v) is 13.9. The van der Waals surface area contributed by atoms with Gasteiger partial charge in [0.1, 0.15) is 11.5 Å². The van der Waals surface area contributed by atoms with Gasteiger partial charge in [-0.15, -0.1) is 21.5 Å². The zero-order chi connectivity index (χ0) is 16.5. The summed E-state index contributed by atoms with van der Waals surface area (Å²) in [5.74, 6) is 1.18. The molecule has 0 spiro atoms. The Hall–Kier alpha value is -2.99. The Bertz CT molecular complexity index is 957. The largest absolute Gasteiger partial charge is 0.383 e. The molecule has 0 unspecified atom stereocenters. The number of rotatable bonds is 3. The maximum Gasteiger partial charge on any atom is 0.178 e. The van der Waals surface area contributed by atoms with Crippen molar-refractivity contribution >= 4 is 17.2 Å². The maximum absolute atomic E-state index is 6.34. The van der Waals surface area contributed by atoms with Crippen LogP contribution in [0.2, 0.25) is 0 Å². The van der Waals surface area contributed by atoms with Gasteiger partial charge in [-0.25, -0.2) is 0 Å². The highest BCUT2D eigenvalue weighted by Gasteiger charge is 2.16. The normalized spacial score (nSPS) is 10.9. The molecule has 0 atom stereocenters. The number of aryl methyl sites for hydroxylation is 1. The van der Waals surface area contributed by atoms with Crippen LogP contribution in [0.25, 0.3) is 27.5 Å². The first-order valence-corrected chi connectivity index (χ1v) is 8.40. The lowest BCUT2D eigenvalue weighted by molar-refractivity contribution is 0.813. The number of aromatic nitrogens is 4. The van der Waals surface area contributed by atoms with Gasteiger partial charge in [0, 0.05) is 5.56 Å². The second kappa shape index (κ2) is 5.90. The molecule has 0 aliphatic carbocycles. The molecule has 118 valence electrons. The fourth-order valence-electron chi connectivity index (χ4n) is 2.68. The minimum atomic E-state index is 0.567. The monoisotopic (exact) mass is 333 g/mol. The molecule has 1 aromatic carbocycles. The smallest absolute Gasteiger partial charge is 0.178 e. The van der Waals surface area contributed by atoms with Gasteiger partial charge in [-0.2, -0.15) is 9.78 Å². The van der Waals surface area contributed by atoms with Gasteiger partial charge in [0.2, 0.25) is 0 Å². The topological polar surface area (TPSA) is 69.6 Å². The molecule has 5 nitrogen and oxygen atoms in total. The second-order valence-corrected chi connectivity index (χ2v) is 6.33. The molecule has 6 heteroatoms. The van der Waals surface area contributed by atoms with Crippen LogP contribution in [-0.4, -0.2) is 20.0 Å². The summed E-state index contributed by atoms with van der Waals surface area (Å²) < 4.78 is 1.64. The van der Waals surface area contributed by atoms with Crippen LogP contribution >= 0.6 is 11.3 Å². The minimum Gasteiger partial charge on any atom is -0.383 e. The van der Waals surface area contributed by atoms with Crippen LogP contribution < -0.4 is 5.73 Å². The average Bonchev–Trinajstić information content (AvgIpc) is 3.24. The van der Waals surface area contributed by atoms with Crippen molar-refractivity contribution in [1.29, 1.82) is 0 Å². The molecular weight excluding hydrogens is 318 g/mol. The van der Waals surface area contributed by atoms with Crippen molar-refractivity contribution in [2.45, 2.75) is 6.92 Å². The molecule has 0 saturated carbocycles. The van der Waals surface area contributed by atoms with Gasteiger partial charge in [-0.1, -0.05) is 36.4 Å². The van der Waals surface area contributed by atoms with Crippen molar-refractivity contribution in [3.8, 4) is 27.5 Å². The summed E-state index contributed by atoms with van der Waals surface area (Å²) in [6, 6.07) is 17.8. The Morgan fingerprint density at radius 3 is 2.46 bits per heavy atom. The van der Waals surface area contributed by atoms with Crippen molar-refractivity contribution in [3.05, 3.63) is 65.7 Å². The Balaban J connectivity index is 1.75. The van der Waals surface area contributed by atoms with Crippen LogP contribution in [-0.2, 0) is 0 Å². The van der Waals surface area contributed by atoms with Crippen LogP contribution in [0.3, 0.4) is 0 Å². The van der Waals surface area contributed by atoms with E-state index in [-0.39, 0.29) is 0 Å². The maximum atomic E-state index is 6.34. The number of thiophene rings is 1. The van der Waals surface area contributed by atoms with E-state index in [2.05, 4.69) is 15.3 Å². The van der Waals surface area contributed by atoms with Crippen LogP contribution in [0.5, 0.6) is 0 Å². The molecule has 0 bridgehead atoms. The first-order valence-electron chi connectivity index (χ1n) is 7.52. The number of nitrogens with two attached hydrogens (primary N) is 1. The second-order valence-electron chi connectivity index (χ2n) is 5.38. The van der Waals surface area contributed by atoms with Crippen molar-refractivity contribution in [2.24, 2.45) is 0 Å². The van der Waals surface area contributed by atoms with Crippen LogP contribution in [0.15, 0.2) is 60.0 Å². The molecule has 4 aromatic rings. The van der Waals surface area contributed by atoms with Crippen molar-refractivity contribution in [1.82, 2.24) is 20.0 Å². The molecule has 0 radical (unpaired) electrons. The van der Waals surface area contributed by atoms with E-state index in [0.717, 1.165) is 27.4 Å². The molecule has 3 aromatic heterocycles. The Morgan fingerprint density at radius 2 is 1.79 bits per heavy atom. The summed E-state index contributed by atoms with van der Waals surface area (Å²) in [7, 11) is 0. The van der Waals surface area contributed by atoms with Gasteiger partial charge in [-0.05, 0) is 36.1 Å². The zero-order valence-electron chi connectivity index (χ0n) is 13.0. The quantitative estimate of drug-likeness (QED) is 0.616. The SMILES string of the molecule is Cc1nn(-c2ccc(-c3cccs3)nn2)c(N)c1-c1ccccc1. The molecule has 4 rings (SSSR count). The lowest BCUT2D eigenvalue weighted by Crippen LogP contribution is -2.05. The third-order valence-electron chi connectivity index (χ3n) is 3.80. The van der Waals surface area contributed by atoms with Crippen LogP contribution in [0, 0.1) is 6.92 Å². The average molecular weight is 333 g/mol. The number of hydrogen-bond acceptors (Lipinski definition) is 5. The lowest BCUT2D eigenvalue weighted by atomic mass is 10.1. The number of nitrogen functional groups attached to an aromatic ring is 1. The van der Waals surface area contributed by atoms with E-state index in [4.69, 9.17) is 5.73 Å². The standard InChI is InChI=1S/C18H15N5S/c1-12-17(13-6-3-2-4-7-13)18(19)23(22-12)16-10-9-14(20-21-16)15-8-5-11-24-15/h2-11H,19H2,1H3. The Morgan fingerprint density at radius 1 is 0.958 bits per heavy atom. The van der Waals surface area contributed by atoms with Gasteiger partial charge in [0.25, 0.3) is 0 Å². The van der Waals surface area contributed by atoms with Crippen LogP contribution in [0.1, 0.15) is 5.69 Å². The van der Waals surface area contributed by atoms with E-state index >= 15 is 0 Å². The Kier molecular flexibility index (Phi) is 3.59. The summed E-state index contributed by atoms with van der Waals surface area (Å²) in [5, 5.41) is 15.1. The third-order valence-corrected chi connectivity index (χ3v) is 4.69.